The van der Waals surface area contributed by atoms with Crippen LogP contribution in [0.1, 0.15) is 58.3 Å². The molecule has 0 aromatic heterocycles. The molecule has 150 valence electrons. The van der Waals surface area contributed by atoms with Gasteiger partial charge in [-0.25, -0.2) is 0 Å². The molecule has 2 fully saturated rings. The Kier molecular flexibility index (Phi) is 7.18. The third kappa shape index (κ3) is 5.46. The third-order valence-corrected chi connectivity index (χ3v) is 6.83. The number of rotatable bonds is 5. The Hall–Kier alpha value is -1.10. The van der Waals surface area contributed by atoms with Crippen molar-refractivity contribution in [1.82, 2.24) is 10.2 Å². The van der Waals surface area contributed by atoms with Crippen LogP contribution in [0.15, 0.2) is 34.9 Å². The number of allylic oxidation sites excluding steroid dienone is 2. The number of likely N-dealkylation sites (tertiary alicyclic amines) is 1. The molecule has 0 bridgehead atoms. The summed E-state index contributed by atoms with van der Waals surface area (Å²) in [4.78, 5) is 15.6. The van der Waals surface area contributed by atoms with Gasteiger partial charge in [0.05, 0.1) is 11.6 Å². The number of carbonyl (C=O) groups excluding carboxylic acids is 1. The van der Waals surface area contributed by atoms with E-state index in [4.69, 9.17) is 17.3 Å². The van der Waals surface area contributed by atoms with Gasteiger partial charge >= 0.3 is 0 Å². The first-order chi connectivity index (χ1) is 13.0. The summed E-state index contributed by atoms with van der Waals surface area (Å²) in [7, 11) is 0. The van der Waals surface area contributed by atoms with E-state index in [1.54, 1.807) is 6.08 Å². The molecule has 1 amide bonds. The minimum atomic E-state index is -0.336. The van der Waals surface area contributed by atoms with Crippen LogP contribution in [0.4, 0.5) is 0 Å². The summed E-state index contributed by atoms with van der Waals surface area (Å²) in [6.45, 7) is 5.57. The summed E-state index contributed by atoms with van der Waals surface area (Å²) in [5, 5.41) is 3.92. The lowest BCUT2D eigenvalue weighted by atomic mass is 9.80. The molecule has 3 aliphatic rings. The zero-order valence-electron chi connectivity index (χ0n) is 16.6. The van der Waals surface area contributed by atoms with Gasteiger partial charge in [0.2, 0.25) is 0 Å². The van der Waals surface area contributed by atoms with Crippen molar-refractivity contribution in [3.63, 3.8) is 0 Å². The fraction of sp³-hybridized carbons (Fsp3) is 0.682. The van der Waals surface area contributed by atoms with E-state index in [0.29, 0.717) is 10.6 Å². The van der Waals surface area contributed by atoms with Gasteiger partial charge in [0.15, 0.2) is 0 Å². The molecule has 0 aromatic rings. The van der Waals surface area contributed by atoms with E-state index in [1.807, 2.05) is 18.2 Å². The van der Waals surface area contributed by atoms with Gasteiger partial charge < -0.3 is 16.0 Å². The maximum absolute atomic E-state index is 13.0. The highest BCUT2D eigenvalue weighted by molar-refractivity contribution is 6.31. The molecule has 0 spiro atoms. The SMILES string of the molecule is CCC1CCN(CC2(NC(=O)C3=CC=CC(N)C(Cl)=C3)CCCCC2)CC1. The molecule has 2 aliphatic carbocycles. The summed E-state index contributed by atoms with van der Waals surface area (Å²) in [6.07, 6.45) is 16.8. The fourth-order valence-corrected chi connectivity index (χ4v) is 4.84. The van der Waals surface area contributed by atoms with E-state index in [0.717, 1.165) is 38.4 Å². The van der Waals surface area contributed by atoms with Crippen LogP contribution in [-0.4, -0.2) is 42.0 Å². The highest BCUT2D eigenvalue weighted by Crippen LogP contribution is 2.31. The smallest absolute Gasteiger partial charge is 0.251 e. The first kappa shape index (κ1) is 20.6. The van der Waals surface area contributed by atoms with Crippen LogP contribution in [-0.2, 0) is 4.79 Å². The molecule has 1 atom stereocenters. The van der Waals surface area contributed by atoms with Crippen LogP contribution in [0.5, 0.6) is 0 Å². The van der Waals surface area contributed by atoms with Gasteiger partial charge in [-0.1, -0.05) is 56.4 Å². The maximum atomic E-state index is 13.0. The molecule has 1 saturated carbocycles. The summed E-state index contributed by atoms with van der Waals surface area (Å²) < 4.78 is 0. The van der Waals surface area contributed by atoms with E-state index < -0.39 is 0 Å². The van der Waals surface area contributed by atoms with Crippen molar-refractivity contribution in [2.24, 2.45) is 11.7 Å². The van der Waals surface area contributed by atoms with Gasteiger partial charge in [0, 0.05) is 17.2 Å². The average Bonchev–Trinajstić information content (AvgIpc) is 2.84. The van der Waals surface area contributed by atoms with Crippen LogP contribution in [0.2, 0.25) is 0 Å². The van der Waals surface area contributed by atoms with Crippen molar-refractivity contribution in [3.05, 3.63) is 34.9 Å². The number of piperidine rings is 1. The normalized spacial score (nSPS) is 26.9. The topological polar surface area (TPSA) is 58.4 Å². The first-order valence-corrected chi connectivity index (χ1v) is 11.0. The summed E-state index contributed by atoms with van der Waals surface area (Å²) in [5.74, 6) is 0.842. The number of hydrogen-bond acceptors (Lipinski definition) is 3. The lowest BCUT2D eigenvalue weighted by molar-refractivity contribution is -0.119. The number of amides is 1. The fourth-order valence-electron chi connectivity index (χ4n) is 4.65. The zero-order chi connectivity index (χ0) is 19.3. The molecule has 5 heteroatoms. The Bertz CT molecular complexity index is 611. The number of carbonyl (C=O) groups is 1. The number of nitrogens with zero attached hydrogens (tertiary/aromatic N) is 1. The van der Waals surface area contributed by atoms with Gasteiger partial charge in [-0.15, -0.1) is 0 Å². The van der Waals surface area contributed by atoms with Gasteiger partial charge in [0.25, 0.3) is 5.91 Å². The number of hydrogen-bond donors (Lipinski definition) is 2. The Morgan fingerprint density at radius 2 is 2.00 bits per heavy atom. The highest BCUT2D eigenvalue weighted by Gasteiger charge is 2.36. The van der Waals surface area contributed by atoms with E-state index in [2.05, 4.69) is 17.1 Å². The predicted molar refractivity (Wildman–Crippen MR) is 113 cm³/mol. The maximum Gasteiger partial charge on any atom is 0.251 e. The molecule has 1 aliphatic heterocycles. The quantitative estimate of drug-likeness (QED) is 0.747. The lowest BCUT2D eigenvalue weighted by Crippen LogP contribution is -2.57. The second kappa shape index (κ2) is 9.40. The van der Waals surface area contributed by atoms with E-state index >= 15 is 0 Å². The van der Waals surface area contributed by atoms with E-state index in [1.165, 1.54) is 38.5 Å². The average molecular weight is 392 g/mol. The highest BCUT2D eigenvalue weighted by atomic mass is 35.5. The zero-order valence-corrected chi connectivity index (χ0v) is 17.3. The number of halogens is 1. The van der Waals surface area contributed by atoms with Crippen molar-refractivity contribution in [1.29, 1.82) is 0 Å². The second-order valence-electron chi connectivity index (χ2n) is 8.48. The molecule has 1 saturated heterocycles. The van der Waals surface area contributed by atoms with Crippen molar-refractivity contribution < 1.29 is 4.79 Å². The summed E-state index contributed by atoms with van der Waals surface area (Å²) in [6, 6.07) is -0.336. The molecule has 1 unspecified atom stereocenters. The molecule has 3 N–H and O–H groups in total. The Balaban J connectivity index is 1.68. The van der Waals surface area contributed by atoms with Crippen molar-refractivity contribution >= 4 is 17.5 Å². The Morgan fingerprint density at radius 1 is 1.30 bits per heavy atom. The van der Waals surface area contributed by atoms with Crippen molar-refractivity contribution in [3.8, 4) is 0 Å². The van der Waals surface area contributed by atoms with Crippen LogP contribution >= 0.6 is 11.6 Å². The van der Waals surface area contributed by atoms with Crippen molar-refractivity contribution in [2.45, 2.75) is 69.9 Å². The summed E-state index contributed by atoms with van der Waals surface area (Å²) >= 11 is 6.23. The first-order valence-electron chi connectivity index (χ1n) is 10.6. The number of nitrogens with two attached hydrogens (primary N) is 1. The second-order valence-corrected chi connectivity index (χ2v) is 8.92. The molecule has 4 nitrogen and oxygen atoms in total. The van der Waals surface area contributed by atoms with Crippen molar-refractivity contribution in [2.75, 3.05) is 19.6 Å². The van der Waals surface area contributed by atoms with E-state index in [-0.39, 0.29) is 17.5 Å². The van der Waals surface area contributed by atoms with E-state index in [9.17, 15) is 4.79 Å². The van der Waals surface area contributed by atoms with Crippen LogP contribution < -0.4 is 11.1 Å². The van der Waals surface area contributed by atoms with Gasteiger partial charge in [-0.2, -0.15) is 0 Å². The van der Waals surface area contributed by atoms with Gasteiger partial charge in [0.1, 0.15) is 0 Å². The molecular formula is C22H34ClN3O. The van der Waals surface area contributed by atoms with Gasteiger partial charge in [-0.3, -0.25) is 4.79 Å². The predicted octanol–water partition coefficient (Wildman–Crippen LogP) is 3.87. The molecule has 0 aromatic carbocycles. The Morgan fingerprint density at radius 3 is 2.67 bits per heavy atom. The molecule has 3 rings (SSSR count). The monoisotopic (exact) mass is 391 g/mol. The third-order valence-electron chi connectivity index (χ3n) is 6.47. The lowest BCUT2D eigenvalue weighted by Gasteiger charge is -2.43. The molecular weight excluding hydrogens is 358 g/mol. The molecule has 27 heavy (non-hydrogen) atoms. The van der Waals surface area contributed by atoms with Gasteiger partial charge in [-0.05, 0) is 56.8 Å². The Labute approximate surface area is 168 Å². The van der Waals surface area contributed by atoms with Crippen LogP contribution in [0.25, 0.3) is 0 Å². The molecule has 1 heterocycles. The minimum absolute atomic E-state index is 0.0303. The largest absolute Gasteiger partial charge is 0.345 e. The summed E-state index contributed by atoms with van der Waals surface area (Å²) in [5.41, 5.74) is 6.42. The standard InChI is InChI=1S/C22H34ClN3O/c1-2-17-9-13-26(14-10-17)16-22(11-4-3-5-12-22)25-21(27)18-7-6-8-20(24)19(23)15-18/h6-8,15,17,20H,2-5,9-14,16,24H2,1H3,(H,25,27). The van der Waals surface area contributed by atoms with Crippen LogP contribution in [0.3, 0.4) is 0 Å². The molecule has 0 radical (unpaired) electrons. The minimum Gasteiger partial charge on any atom is -0.345 e. The number of nitrogens with one attached hydrogen (secondary N) is 1. The van der Waals surface area contributed by atoms with Crippen LogP contribution in [0, 0.1) is 5.92 Å².